The number of hydrogen-bond acceptors (Lipinski definition) is 6. The minimum absolute atomic E-state index is 0.169. The molecule has 3 aromatic rings. The van der Waals surface area contributed by atoms with Gasteiger partial charge in [-0.25, -0.2) is 4.98 Å². The number of pyridine rings is 1. The number of nitrogens with zero attached hydrogens (tertiary/aromatic N) is 5. The summed E-state index contributed by atoms with van der Waals surface area (Å²) in [5.41, 5.74) is 1.34. The van der Waals surface area contributed by atoms with Gasteiger partial charge in [0.25, 0.3) is 15.7 Å². The highest BCUT2D eigenvalue weighted by Crippen LogP contribution is 2.24. The Morgan fingerprint density at radius 1 is 1.33 bits per heavy atom. The molecule has 3 rings (SSSR count). The molecule has 0 N–H and O–H groups in total. The molecule has 2 heterocycles. The summed E-state index contributed by atoms with van der Waals surface area (Å²) in [5, 5.41) is 14.9. The summed E-state index contributed by atoms with van der Waals surface area (Å²) in [5.74, 6) is 0. The van der Waals surface area contributed by atoms with Crippen LogP contribution in [0.25, 0.3) is 5.65 Å². The van der Waals surface area contributed by atoms with Crippen LogP contribution in [0.15, 0.2) is 57.2 Å². The molecule has 0 aliphatic rings. The molecule has 11 heteroatoms. The Hall–Kier alpha value is -2.79. The number of non-ortho nitro benzene ring substituents is 1. The van der Waals surface area contributed by atoms with Gasteiger partial charge in [0.15, 0.2) is 0 Å². The van der Waals surface area contributed by atoms with E-state index in [0.29, 0.717) is 16.9 Å². The van der Waals surface area contributed by atoms with Gasteiger partial charge in [0, 0.05) is 29.8 Å². The van der Waals surface area contributed by atoms with Crippen LogP contribution in [0.5, 0.6) is 0 Å². The zero-order valence-electron chi connectivity index (χ0n) is 14.3. The van der Waals surface area contributed by atoms with E-state index < -0.39 is 14.9 Å². The number of rotatable bonds is 5. The third-order valence-electron chi connectivity index (χ3n) is 3.86. The number of fused-ring (bicyclic) bond motifs is 1. The predicted molar refractivity (Wildman–Crippen MR) is 103 cm³/mol. The highest BCUT2D eigenvalue weighted by atomic mass is 79.9. The van der Waals surface area contributed by atoms with Crippen LogP contribution in [-0.2, 0) is 10.0 Å². The summed E-state index contributed by atoms with van der Waals surface area (Å²) in [7, 11) is -2.78. The van der Waals surface area contributed by atoms with Gasteiger partial charge >= 0.3 is 0 Å². The lowest BCUT2D eigenvalue weighted by atomic mass is 10.2. The molecule has 0 radical (unpaired) electrons. The fourth-order valence-electron chi connectivity index (χ4n) is 2.39. The molecule has 0 fully saturated rings. The van der Waals surface area contributed by atoms with Crippen molar-refractivity contribution in [2.75, 3.05) is 7.05 Å². The van der Waals surface area contributed by atoms with E-state index in [1.54, 1.807) is 29.8 Å². The van der Waals surface area contributed by atoms with Crippen LogP contribution in [0.1, 0.15) is 11.3 Å². The van der Waals surface area contributed by atoms with E-state index in [-0.39, 0.29) is 10.6 Å². The molecule has 140 valence electrons. The van der Waals surface area contributed by atoms with E-state index in [9.17, 15) is 18.5 Å². The van der Waals surface area contributed by atoms with Gasteiger partial charge in [-0.2, -0.15) is 17.9 Å². The molecular formula is C16H14BrN5O4S. The first-order chi connectivity index (χ1) is 12.7. The van der Waals surface area contributed by atoms with Crippen molar-refractivity contribution in [3.8, 4) is 0 Å². The minimum atomic E-state index is -4.05. The zero-order valence-corrected chi connectivity index (χ0v) is 16.7. The fraction of sp³-hybridized carbons (Fsp3) is 0.125. The summed E-state index contributed by atoms with van der Waals surface area (Å²) < 4.78 is 28.9. The smallest absolute Gasteiger partial charge is 0.279 e. The monoisotopic (exact) mass is 451 g/mol. The molecule has 1 aromatic carbocycles. The number of aromatic nitrogens is 2. The second kappa shape index (κ2) is 7.08. The highest BCUT2D eigenvalue weighted by molar-refractivity contribution is 9.10. The molecule has 0 spiro atoms. The van der Waals surface area contributed by atoms with Crippen LogP contribution in [0.4, 0.5) is 5.69 Å². The van der Waals surface area contributed by atoms with Gasteiger partial charge in [-0.1, -0.05) is 6.07 Å². The van der Waals surface area contributed by atoms with E-state index in [0.717, 1.165) is 15.0 Å². The molecule has 0 aliphatic heterocycles. The largest absolute Gasteiger partial charge is 0.298 e. The molecule has 2 aromatic heterocycles. The Morgan fingerprint density at radius 3 is 2.78 bits per heavy atom. The number of aryl methyl sites for hydroxylation is 1. The molecule has 0 atom stereocenters. The average molecular weight is 452 g/mol. The van der Waals surface area contributed by atoms with Crippen molar-refractivity contribution in [3.63, 3.8) is 0 Å². The van der Waals surface area contributed by atoms with E-state index in [1.165, 1.54) is 25.4 Å². The van der Waals surface area contributed by atoms with Crippen LogP contribution in [0, 0.1) is 17.0 Å². The Bertz CT molecular complexity index is 1170. The lowest BCUT2D eigenvalue weighted by Gasteiger charge is -2.15. The summed E-state index contributed by atoms with van der Waals surface area (Å²) in [6.07, 6.45) is 4.70. The van der Waals surface area contributed by atoms with E-state index >= 15 is 0 Å². The second-order valence-electron chi connectivity index (χ2n) is 5.65. The van der Waals surface area contributed by atoms with E-state index in [1.807, 2.05) is 6.07 Å². The normalized spacial score (nSPS) is 12.0. The van der Waals surface area contributed by atoms with Crippen molar-refractivity contribution < 1.29 is 13.3 Å². The Kier molecular flexibility index (Phi) is 4.98. The summed E-state index contributed by atoms with van der Waals surface area (Å²) >= 11 is 3.37. The number of sulfonamides is 1. The van der Waals surface area contributed by atoms with Crippen LogP contribution in [-0.4, -0.2) is 40.4 Å². The van der Waals surface area contributed by atoms with E-state index in [2.05, 4.69) is 26.0 Å². The van der Waals surface area contributed by atoms with Gasteiger partial charge < -0.3 is 0 Å². The van der Waals surface area contributed by atoms with Gasteiger partial charge in [-0.3, -0.25) is 14.5 Å². The van der Waals surface area contributed by atoms with Crippen LogP contribution < -0.4 is 0 Å². The quantitative estimate of drug-likeness (QED) is 0.336. The Morgan fingerprint density at radius 2 is 2.07 bits per heavy atom. The maximum absolute atomic E-state index is 12.8. The van der Waals surface area contributed by atoms with Crippen LogP contribution >= 0.6 is 15.9 Å². The first kappa shape index (κ1) is 19.0. The van der Waals surface area contributed by atoms with Crippen molar-refractivity contribution in [2.24, 2.45) is 5.10 Å². The zero-order chi connectivity index (χ0) is 19.8. The summed E-state index contributed by atoms with van der Waals surface area (Å²) in [6, 6.07) is 7.32. The molecule has 0 saturated carbocycles. The lowest BCUT2D eigenvalue weighted by Crippen LogP contribution is -2.23. The maximum Gasteiger partial charge on any atom is 0.279 e. The fourth-order valence-corrected chi connectivity index (χ4v) is 3.93. The molecular weight excluding hydrogens is 438 g/mol. The van der Waals surface area contributed by atoms with Gasteiger partial charge in [0.2, 0.25) is 0 Å². The molecule has 0 saturated heterocycles. The maximum atomic E-state index is 12.8. The SMILES string of the molecule is Cc1ccc([N+](=O)[O-])cc1S(=O)(=O)N(C)/N=C\c1cnc2ccc(Br)cn12. The number of halogens is 1. The summed E-state index contributed by atoms with van der Waals surface area (Å²) in [4.78, 5) is 14.3. The van der Waals surface area contributed by atoms with Crippen LogP contribution in [0.2, 0.25) is 0 Å². The first-order valence-electron chi connectivity index (χ1n) is 7.61. The van der Waals surface area contributed by atoms with Gasteiger partial charge in [0.1, 0.15) is 5.65 Å². The van der Waals surface area contributed by atoms with Crippen LogP contribution in [0.3, 0.4) is 0 Å². The third kappa shape index (κ3) is 3.69. The Balaban J connectivity index is 1.96. The van der Waals surface area contributed by atoms with Crippen molar-refractivity contribution in [1.82, 2.24) is 13.8 Å². The Labute approximate surface area is 163 Å². The van der Waals surface area contributed by atoms with Crippen molar-refractivity contribution in [2.45, 2.75) is 11.8 Å². The van der Waals surface area contributed by atoms with Crippen molar-refractivity contribution in [1.29, 1.82) is 0 Å². The number of hydrazone groups is 1. The number of nitro benzene ring substituents is 1. The second-order valence-corrected chi connectivity index (χ2v) is 8.48. The highest BCUT2D eigenvalue weighted by Gasteiger charge is 2.24. The average Bonchev–Trinajstić information content (AvgIpc) is 3.01. The molecule has 27 heavy (non-hydrogen) atoms. The number of hydrogen-bond donors (Lipinski definition) is 0. The number of benzene rings is 1. The molecule has 0 unspecified atom stereocenters. The third-order valence-corrected chi connectivity index (χ3v) is 6.11. The van der Waals surface area contributed by atoms with E-state index in [4.69, 9.17) is 0 Å². The molecule has 0 amide bonds. The standard InChI is InChI=1S/C16H14BrN5O4S/c1-11-3-5-13(22(23)24)7-15(11)27(25,26)20(2)19-9-14-8-18-16-6-4-12(17)10-21(14)16/h3-10H,1-2H3/b19-9-. The topological polar surface area (TPSA) is 110 Å². The molecule has 9 nitrogen and oxygen atoms in total. The van der Waals surface area contributed by atoms with Crippen molar-refractivity contribution in [3.05, 3.63) is 68.6 Å². The predicted octanol–water partition coefficient (Wildman–Crippen LogP) is 2.97. The van der Waals surface area contributed by atoms with Gasteiger partial charge in [-0.15, -0.1) is 0 Å². The minimum Gasteiger partial charge on any atom is -0.298 e. The number of imidazole rings is 1. The lowest BCUT2D eigenvalue weighted by molar-refractivity contribution is -0.385. The molecule has 0 bridgehead atoms. The van der Waals surface area contributed by atoms with Gasteiger partial charge in [0.05, 0.1) is 27.9 Å². The summed E-state index contributed by atoms with van der Waals surface area (Å²) in [6.45, 7) is 1.57. The molecule has 0 aliphatic carbocycles. The van der Waals surface area contributed by atoms with Gasteiger partial charge in [-0.05, 0) is 40.5 Å². The first-order valence-corrected chi connectivity index (χ1v) is 9.84. The van der Waals surface area contributed by atoms with Crippen molar-refractivity contribution >= 4 is 43.5 Å². The number of nitro groups is 1.